The van der Waals surface area contributed by atoms with E-state index in [1.54, 1.807) is 0 Å². The summed E-state index contributed by atoms with van der Waals surface area (Å²) in [5.41, 5.74) is 0. The van der Waals surface area contributed by atoms with Gasteiger partial charge in [0.15, 0.2) is 0 Å². The average molecular weight is 305 g/mol. The predicted octanol–water partition coefficient (Wildman–Crippen LogP) is -0.452. The minimum atomic E-state index is -0.542. The van der Waals surface area contributed by atoms with Gasteiger partial charge < -0.3 is 4.90 Å². The summed E-state index contributed by atoms with van der Waals surface area (Å²) in [6, 6.07) is 0. The number of fused-ring (bicyclic) bond motifs is 10. The molecule has 0 radical (unpaired) electrons. The van der Waals surface area contributed by atoms with Gasteiger partial charge in [-0.25, -0.2) is 0 Å². The Bertz CT molecular complexity index is 469. The molecular formula is C15H19N3O4. The molecule has 0 aliphatic carbocycles. The van der Waals surface area contributed by atoms with Gasteiger partial charge in [-0.15, -0.1) is 0 Å². The highest BCUT2D eigenvalue weighted by Crippen LogP contribution is 2.06. The first-order valence-electron chi connectivity index (χ1n) is 7.24. The van der Waals surface area contributed by atoms with Crippen molar-refractivity contribution in [3.8, 4) is 0 Å². The lowest BCUT2D eigenvalue weighted by Crippen LogP contribution is -2.39. The SMILES string of the molecule is CN1CCCN2C(=O)/C=C\C(=O)N(CCC1)C(=O)/C=C\C2=O. The summed E-state index contributed by atoms with van der Waals surface area (Å²) >= 11 is 0. The molecule has 0 saturated heterocycles. The standard InChI is InChI=1S/C15H19N3O4/c1-16-8-2-10-17-12(19)4-6-14(21)18(11-3-9-16)15(22)7-5-13(17)20/h4-7H,2-3,8-11H2,1H3/b6-4-,7-5-. The molecule has 0 aromatic heterocycles. The van der Waals surface area contributed by atoms with E-state index < -0.39 is 23.6 Å². The third-order valence-corrected chi connectivity index (χ3v) is 3.64. The second-order valence-electron chi connectivity index (χ2n) is 5.33. The smallest absolute Gasteiger partial charge is 0.253 e. The summed E-state index contributed by atoms with van der Waals surface area (Å²) in [6.07, 6.45) is 5.51. The van der Waals surface area contributed by atoms with Crippen LogP contribution in [0.25, 0.3) is 0 Å². The van der Waals surface area contributed by atoms with Gasteiger partial charge in [0, 0.05) is 37.4 Å². The maximum Gasteiger partial charge on any atom is 0.253 e. The largest absolute Gasteiger partial charge is 0.306 e. The lowest BCUT2D eigenvalue weighted by atomic mass is 10.2. The van der Waals surface area contributed by atoms with Crippen LogP contribution in [0.1, 0.15) is 12.8 Å². The van der Waals surface area contributed by atoms with E-state index in [-0.39, 0.29) is 13.1 Å². The summed E-state index contributed by atoms with van der Waals surface area (Å²) in [5, 5.41) is 0. The molecule has 2 bridgehead atoms. The van der Waals surface area contributed by atoms with Gasteiger partial charge in [0.2, 0.25) is 0 Å². The van der Waals surface area contributed by atoms with Gasteiger partial charge in [0.1, 0.15) is 0 Å². The zero-order valence-corrected chi connectivity index (χ0v) is 12.5. The van der Waals surface area contributed by atoms with E-state index in [4.69, 9.17) is 0 Å². The van der Waals surface area contributed by atoms with Gasteiger partial charge in [-0.05, 0) is 33.0 Å². The molecule has 4 amide bonds. The number of imide groups is 2. The number of carbonyl (C=O) groups is 4. The number of amides is 4. The molecule has 3 aliphatic heterocycles. The van der Waals surface area contributed by atoms with Gasteiger partial charge in [-0.3, -0.25) is 29.0 Å². The third kappa shape index (κ3) is 3.88. The zero-order valence-electron chi connectivity index (χ0n) is 12.5. The quantitative estimate of drug-likeness (QED) is 0.566. The predicted molar refractivity (Wildman–Crippen MR) is 78.5 cm³/mol. The van der Waals surface area contributed by atoms with Crippen LogP contribution >= 0.6 is 0 Å². The molecule has 0 atom stereocenters. The molecule has 3 aliphatic rings. The lowest BCUT2D eigenvalue weighted by Gasteiger charge is -2.20. The molecule has 0 saturated carbocycles. The Balaban J connectivity index is 2.38. The molecule has 0 aromatic rings. The number of carbonyl (C=O) groups excluding carboxylic acids is 4. The van der Waals surface area contributed by atoms with Crippen molar-refractivity contribution in [1.82, 2.24) is 14.7 Å². The van der Waals surface area contributed by atoms with Crippen molar-refractivity contribution in [3.05, 3.63) is 24.3 Å². The van der Waals surface area contributed by atoms with E-state index in [0.29, 0.717) is 12.8 Å². The van der Waals surface area contributed by atoms with Crippen molar-refractivity contribution in [2.45, 2.75) is 12.8 Å². The number of nitrogens with zero attached hydrogens (tertiary/aromatic N) is 3. The van der Waals surface area contributed by atoms with E-state index in [9.17, 15) is 19.2 Å². The Hall–Kier alpha value is -2.28. The average Bonchev–Trinajstić information content (AvgIpc) is 2.50. The molecular weight excluding hydrogens is 286 g/mol. The molecule has 0 aromatic carbocycles. The first-order valence-corrected chi connectivity index (χ1v) is 7.24. The van der Waals surface area contributed by atoms with Crippen LogP contribution in [0, 0.1) is 0 Å². The van der Waals surface area contributed by atoms with E-state index in [1.165, 1.54) is 0 Å². The van der Waals surface area contributed by atoms with Crippen molar-refractivity contribution >= 4 is 23.6 Å². The molecule has 7 nitrogen and oxygen atoms in total. The highest BCUT2D eigenvalue weighted by molar-refractivity contribution is 6.13. The summed E-state index contributed by atoms with van der Waals surface area (Å²) < 4.78 is 0. The maximum atomic E-state index is 12.1. The highest BCUT2D eigenvalue weighted by atomic mass is 16.2. The Morgan fingerprint density at radius 3 is 1.27 bits per heavy atom. The van der Waals surface area contributed by atoms with Crippen LogP contribution < -0.4 is 0 Å². The maximum absolute atomic E-state index is 12.1. The Kier molecular flexibility index (Phi) is 5.21. The second kappa shape index (κ2) is 7.13. The summed E-state index contributed by atoms with van der Waals surface area (Å²) in [4.78, 5) is 52.4. The second-order valence-corrected chi connectivity index (χ2v) is 5.33. The minimum absolute atomic E-state index is 0.253. The van der Waals surface area contributed by atoms with Crippen LogP contribution in [-0.2, 0) is 19.2 Å². The molecule has 0 spiro atoms. The van der Waals surface area contributed by atoms with Gasteiger partial charge in [-0.2, -0.15) is 0 Å². The Labute approximate surface area is 128 Å². The zero-order chi connectivity index (χ0) is 16.1. The summed E-state index contributed by atoms with van der Waals surface area (Å²) in [6.45, 7) is 1.96. The number of hydrogen-bond donors (Lipinski definition) is 0. The normalized spacial score (nSPS) is 25.1. The van der Waals surface area contributed by atoms with Crippen molar-refractivity contribution in [1.29, 1.82) is 0 Å². The highest BCUT2D eigenvalue weighted by Gasteiger charge is 2.23. The van der Waals surface area contributed by atoms with Gasteiger partial charge >= 0.3 is 0 Å². The monoisotopic (exact) mass is 305 g/mol. The van der Waals surface area contributed by atoms with Crippen LogP contribution in [0.3, 0.4) is 0 Å². The molecule has 7 heteroatoms. The van der Waals surface area contributed by atoms with Crippen LogP contribution in [0.15, 0.2) is 24.3 Å². The van der Waals surface area contributed by atoms with Gasteiger partial charge in [0.05, 0.1) is 0 Å². The van der Waals surface area contributed by atoms with Crippen LogP contribution in [0.2, 0.25) is 0 Å². The Morgan fingerprint density at radius 2 is 0.955 bits per heavy atom. The molecule has 118 valence electrons. The van der Waals surface area contributed by atoms with Gasteiger partial charge in [0.25, 0.3) is 23.6 Å². The van der Waals surface area contributed by atoms with Gasteiger partial charge in [-0.1, -0.05) is 0 Å². The fourth-order valence-electron chi connectivity index (χ4n) is 2.41. The fourth-order valence-corrected chi connectivity index (χ4v) is 2.41. The molecule has 3 rings (SSSR count). The Morgan fingerprint density at radius 1 is 0.636 bits per heavy atom. The molecule has 3 heterocycles. The first kappa shape index (κ1) is 16.1. The van der Waals surface area contributed by atoms with Crippen LogP contribution in [-0.4, -0.2) is 71.6 Å². The number of rotatable bonds is 0. The topological polar surface area (TPSA) is 78.0 Å². The fraction of sp³-hybridized carbons (Fsp3) is 0.467. The lowest BCUT2D eigenvalue weighted by molar-refractivity contribution is -0.142. The van der Waals surface area contributed by atoms with Crippen LogP contribution in [0.5, 0.6) is 0 Å². The van der Waals surface area contributed by atoms with E-state index >= 15 is 0 Å². The van der Waals surface area contributed by atoms with Crippen molar-refractivity contribution in [3.63, 3.8) is 0 Å². The first-order chi connectivity index (χ1) is 10.5. The molecule has 0 unspecified atom stereocenters. The molecule has 0 fully saturated rings. The van der Waals surface area contributed by atoms with Crippen molar-refractivity contribution < 1.29 is 19.2 Å². The summed E-state index contributed by atoms with van der Waals surface area (Å²) in [5.74, 6) is -2.17. The molecule has 22 heavy (non-hydrogen) atoms. The van der Waals surface area contributed by atoms with Crippen LogP contribution in [0.4, 0.5) is 0 Å². The minimum Gasteiger partial charge on any atom is -0.306 e. The van der Waals surface area contributed by atoms with Crippen molar-refractivity contribution in [2.75, 3.05) is 33.2 Å². The van der Waals surface area contributed by atoms with E-state index in [1.807, 2.05) is 7.05 Å². The van der Waals surface area contributed by atoms with E-state index in [2.05, 4.69) is 4.90 Å². The number of hydrogen-bond acceptors (Lipinski definition) is 5. The van der Waals surface area contributed by atoms with Crippen molar-refractivity contribution in [2.24, 2.45) is 0 Å². The molecule has 0 N–H and O–H groups in total. The van der Waals surface area contributed by atoms with E-state index in [0.717, 1.165) is 47.2 Å². The summed E-state index contributed by atoms with van der Waals surface area (Å²) in [7, 11) is 1.93. The third-order valence-electron chi connectivity index (χ3n) is 3.64.